The summed E-state index contributed by atoms with van der Waals surface area (Å²) in [6, 6.07) is 0.575. The highest BCUT2D eigenvalue weighted by Crippen LogP contribution is 2.40. The lowest BCUT2D eigenvalue weighted by molar-refractivity contribution is -0.141. The molecule has 0 aromatic heterocycles. The number of hydrogen-bond acceptors (Lipinski definition) is 3. The van der Waals surface area contributed by atoms with Crippen molar-refractivity contribution in [2.45, 2.75) is 69.5 Å². The van der Waals surface area contributed by atoms with Crippen LogP contribution < -0.4 is 5.32 Å². The van der Waals surface area contributed by atoms with Crippen LogP contribution >= 0.6 is 0 Å². The van der Waals surface area contributed by atoms with Crippen molar-refractivity contribution in [3.05, 3.63) is 0 Å². The number of nitrogens with zero attached hydrogens (tertiary/aromatic N) is 1. The summed E-state index contributed by atoms with van der Waals surface area (Å²) in [6.45, 7) is 0.946. The van der Waals surface area contributed by atoms with Gasteiger partial charge in [0.25, 0.3) is 0 Å². The number of carbonyl (C=O) groups excluding carboxylic acids is 1. The van der Waals surface area contributed by atoms with Gasteiger partial charge in [0.15, 0.2) is 0 Å². The summed E-state index contributed by atoms with van der Waals surface area (Å²) in [5.74, 6) is -0.178. The Bertz CT molecular complexity index is 379. The summed E-state index contributed by atoms with van der Waals surface area (Å²) in [5.41, 5.74) is 0. The molecule has 3 heterocycles. The molecule has 1 amide bonds. The molecule has 0 aromatic rings. The number of fused-ring (bicyclic) bond motifs is 2. The Morgan fingerprint density at radius 2 is 1.80 bits per heavy atom. The number of rotatable bonds is 3. The molecule has 20 heavy (non-hydrogen) atoms. The molecular formula is C15H24N2O3. The summed E-state index contributed by atoms with van der Waals surface area (Å²) >= 11 is 0. The van der Waals surface area contributed by atoms with E-state index in [1.165, 1.54) is 0 Å². The summed E-state index contributed by atoms with van der Waals surface area (Å²) in [7, 11) is 0. The second kappa shape index (κ2) is 5.72. The summed E-state index contributed by atoms with van der Waals surface area (Å²) in [4.78, 5) is 25.7. The zero-order valence-corrected chi connectivity index (χ0v) is 11.9. The zero-order chi connectivity index (χ0) is 14.1. The van der Waals surface area contributed by atoms with E-state index in [1.807, 2.05) is 0 Å². The van der Waals surface area contributed by atoms with Crippen molar-refractivity contribution in [1.29, 1.82) is 0 Å². The number of amides is 1. The highest BCUT2D eigenvalue weighted by atomic mass is 16.4. The first-order valence-corrected chi connectivity index (χ1v) is 7.92. The molecule has 5 nitrogen and oxygen atoms in total. The Labute approximate surface area is 119 Å². The second-order valence-corrected chi connectivity index (χ2v) is 6.57. The molecule has 0 radical (unpaired) electrons. The maximum absolute atomic E-state index is 12.7. The molecule has 3 aliphatic heterocycles. The van der Waals surface area contributed by atoms with Crippen molar-refractivity contribution in [3.8, 4) is 0 Å². The molecule has 0 aromatic carbocycles. The number of carboxylic acids is 1. The van der Waals surface area contributed by atoms with Gasteiger partial charge in [0, 0.05) is 18.5 Å². The van der Waals surface area contributed by atoms with Gasteiger partial charge in [-0.05, 0) is 51.0 Å². The Kier molecular flexibility index (Phi) is 3.96. The van der Waals surface area contributed by atoms with Crippen LogP contribution in [0.3, 0.4) is 0 Å². The van der Waals surface area contributed by atoms with Gasteiger partial charge in [-0.3, -0.25) is 9.59 Å². The van der Waals surface area contributed by atoms with Gasteiger partial charge >= 0.3 is 5.97 Å². The van der Waals surface area contributed by atoms with E-state index in [9.17, 15) is 9.59 Å². The molecule has 3 unspecified atom stereocenters. The second-order valence-electron chi connectivity index (χ2n) is 6.57. The van der Waals surface area contributed by atoms with E-state index >= 15 is 0 Å². The van der Waals surface area contributed by atoms with Crippen LogP contribution in [-0.2, 0) is 9.59 Å². The molecule has 5 heteroatoms. The minimum atomic E-state index is -0.705. The molecule has 0 aliphatic carbocycles. The molecule has 3 aliphatic rings. The van der Waals surface area contributed by atoms with Crippen LogP contribution in [-0.4, -0.2) is 46.6 Å². The average Bonchev–Trinajstić information content (AvgIpc) is 2.70. The van der Waals surface area contributed by atoms with Crippen LogP contribution in [0.2, 0.25) is 0 Å². The van der Waals surface area contributed by atoms with Crippen molar-refractivity contribution < 1.29 is 14.7 Å². The molecular weight excluding hydrogens is 256 g/mol. The van der Waals surface area contributed by atoms with Crippen molar-refractivity contribution in [2.24, 2.45) is 5.92 Å². The van der Waals surface area contributed by atoms with Crippen LogP contribution in [0.15, 0.2) is 0 Å². The smallest absolute Gasteiger partial charge is 0.303 e. The monoisotopic (exact) mass is 280 g/mol. The first-order valence-electron chi connectivity index (χ1n) is 7.92. The summed E-state index contributed by atoms with van der Waals surface area (Å²) in [5, 5.41) is 12.3. The van der Waals surface area contributed by atoms with Crippen molar-refractivity contribution in [3.63, 3.8) is 0 Å². The van der Waals surface area contributed by atoms with Gasteiger partial charge < -0.3 is 15.3 Å². The quantitative estimate of drug-likeness (QED) is 0.819. The van der Waals surface area contributed by atoms with Crippen molar-refractivity contribution in [2.75, 3.05) is 6.54 Å². The molecule has 2 bridgehead atoms. The predicted octanol–water partition coefficient (Wildman–Crippen LogP) is 1.37. The van der Waals surface area contributed by atoms with Crippen LogP contribution in [0.25, 0.3) is 0 Å². The number of carbonyl (C=O) groups is 2. The Morgan fingerprint density at radius 1 is 1.10 bits per heavy atom. The van der Waals surface area contributed by atoms with E-state index in [0.29, 0.717) is 0 Å². The Hall–Kier alpha value is -1.10. The first-order chi connectivity index (χ1) is 9.65. The number of aliphatic carboxylic acids is 1. The molecule has 0 spiro atoms. The van der Waals surface area contributed by atoms with Crippen LogP contribution in [0.5, 0.6) is 0 Å². The lowest BCUT2D eigenvalue weighted by atomic mass is 9.87. The van der Waals surface area contributed by atoms with Gasteiger partial charge in [0.1, 0.15) is 0 Å². The van der Waals surface area contributed by atoms with Crippen LogP contribution in [0.1, 0.15) is 51.4 Å². The maximum atomic E-state index is 12.7. The van der Waals surface area contributed by atoms with Crippen LogP contribution in [0, 0.1) is 5.92 Å². The fourth-order valence-electron chi connectivity index (χ4n) is 4.31. The normalized spacial score (nSPS) is 36.9. The standard InChI is InChI=1S/C15H24N2O3/c18-14(19)9-10-7-11-4-5-12(8-10)17(11)15(20)13-3-1-2-6-16-13/h10-13,16H,1-9H2,(H,18,19). The zero-order valence-electron chi connectivity index (χ0n) is 11.9. The van der Waals surface area contributed by atoms with Crippen molar-refractivity contribution in [1.82, 2.24) is 10.2 Å². The number of hydrogen-bond donors (Lipinski definition) is 2. The third kappa shape index (κ3) is 2.68. The van der Waals surface area contributed by atoms with Gasteiger partial charge in [-0.25, -0.2) is 0 Å². The van der Waals surface area contributed by atoms with E-state index in [-0.39, 0.29) is 36.4 Å². The largest absolute Gasteiger partial charge is 0.481 e. The van der Waals surface area contributed by atoms with Crippen LogP contribution in [0.4, 0.5) is 0 Å². The highest BCUT2D eigenvalue weighted by Gasteiger charge is 2.45. The Balaban J connectivity index is 1.64. The first kappa shape index (κ1) is 13.9. The van der Waals surface area contributed by atoms with Crippen molar-refractivity contribution >= 4 is 11.9 Å². The lowest BCUT2D eigenvalue weighted by Gasteiger charge is -2.41. The third-order valence-corrected chi connectivity index (χ3v) is 5.16. The third-order valence-electron chi connectivity index (χ3n) is 5.16. The molecule has 112 valence electrons. The van der Waals surface area contributed by atoms with E-state index in [0.717, 1.165) is 51.5 Å². The molecule has 2 N–H and O–H groups in total. The van der Waals surface area contributed by atoms with E-state index < -0.39 is 5.97 Å². The van der Waals surface area contributed by atoms with Gasteiger partial charge in [-0.15, -0.1) is 0 Å². The van der Waals surface area contributed by atoms with E-state index in [1.54, 1.807) is 0 Å². The minimum Gasteiger partial charge on any atom is -0.481 e. The van der Waals surface area contributed by atoms with Gasteiger partial charge in [0.2, 0.25) is 5.91 Å². The average molecular weight is 280 g/mol. The number of piperidine rings is 2. The van der Waals surface area contributed by atoms with Gasteiger partial charge in [-0.2, -0.15) is 0 Å². The molecule has 0 saturated carbocycles. The fraction of sp³-hybridized carbons (Fsp3) is 0.867. The molecule has 3 saturated heterocycles. The minimum absolute atomic E-state index is 0.00266. The molecule has 3 rings (SSSR count). The highest BCUT2D eigenvalue weighted by molar-refractivity contribution is 5.83. The fourth-order valence-corrected chi connectivity index (χ4v) is 4.31. The SMILES string of the molecule is O=C(O)CC1CC2CCC(C1)N2C(=O)C1CCCCN1. The maximum Gasteiger partial charge on any atom is 0.303 e. The van der Waals surface area contributed by atoms with E-state index in [2.05, 4.69) is 10.2 Å². The molecule has 3 fully saturated rings. The molecule has 3 atom stereocenters. The van der Waals surface area contributed by atoms with Gasteiger partial charge in [-0.1, -0.05) is 6.42 Å². The number of nitrogens with one attached hydrogen (secondary N) is 1. The predicted molar refractivity (Wildman–Crippen MR) is 74.3 cm³/mol. The summed E-state index contributed by atoms with van der Waals surface area (Å²) < 4.78 is 0. The number of carboxylic acid groups (broad SMARTS) is 1. The lowest BCUT2D eigenvalue weighted by Crippen LogP contribution is -2.55. The Morgan fingerprint density at radius 3 is 2.35 bits per heavy atom. The topological polar surface area (TPSA) is 69.6 Å². The van der Waals surface area contributed by atoms with Gasteiger partial charge in [0.05, 0.1) is 6.04 Å². The summed E-state index contributed by atoms with van der Waals surface area (Å²) in [6.07, 6.45) is 7.37. The van der Waals surface area contributed by atoms with E-state index in [4.69, 9.17) is 5.11 Å².